The van der Waals surface area contributed by atoms with Crippen LogP contribution >= 0.6 is 0 Å². The van der Waals surface area contributed by atoms with E-state index in [1.807, 2.05) is 12.1 Å². The summed E-state index contributed by atoms with van der Waals surface area (Å²) in [7, 11) is 0. The van der Waals surface area contributed by atoms with Crippen LogP contribution in [-0.4, -0.2) is 29.0 Å². The van der Waals surface area contributed by atoms with Gasteiger partial charge in [-0.3, -0.25) is 0 Å². The Hall–Kier alpha value is -1.16. The molecule has 1 aliphatic carbocycles. The average molecular weight is 205 g/mol. The first-order chi connectivity index (χ1) is 7.43. The number of nitrogens with one attached hydrogen (secondary N) is 1. The van der Waals surface area contributed by atoms with Crippen LogP contribution in [0.3, 0.4) is 0 Å². The van der Waals surface area contributed by atoms with Gasteiger partial charge in [-0.2, -0.15) is 5.10 Å². The van der Waals surface area contributed by atoms with Crippen LogP contribution in [0, 0.1) is 5.92 Å². The Balaban J connectivity index is 1.67. The molecule has 1 aromatic rings. The topological polar surface area (TPSA) is 47.0 Å². The molecule has 2 fully saturated rings. The van der Waals surface area contributed by atoms with Crippen molar-refractivity contribution in [1.82, 2.24) is 10.2 Å². The maximum Gasteiger partial charge on any atom is 0.148 e. The number of aromatic nitrogens is 2. The Kier molecular flexibility index (Phi) is 2.29. The zero-order valence-electron chi connectivity index (χ0n) is 8.60. The predicted octanol–water partition coefficient (Wildman–Crippen LogP) is 1.46. The van der Waals surface area contributed by atoms with Crippen LogP contribution in [0.4, 0.5) is 5.82 Å². The minimum Gasteiger partial charge on any atom is -0.376 e. The summed E-state index contributed by atoms with van der Waals surface area (Å²) in [6.07, 6.45) is 5.81. The Bertz CT molecular complexity index is 326. The first-order valence-corrected chi connectivity index (χ1v) is 5.59. The lowest BCUT2D eigenvalue weighted by molar-refractivity contribution is 0.0898. The maximum atomic E-state index is 5.75. The van der Waals surface area contributed by atoms with E-state index >= 15 is 0 Å². The maximum absolute atomic E-state index is 5.75. The SMILES string of the molecule is c1cnnc(NC2CCOC2C2CC2)c1. The Morgan fingerprint density at radius 2 is 2.27 bits per heavy atom. The molecule has 4 heteroatoms. The highest BCUT2D eigenvalue weighted by Crippen LogP contribution is 2.39. The van der Waals surface area contributed by atoms with E-state index in [2.05, 4.69) is 15.5 Å². The third kappa shape index (κ3) is 1.95. The van der Waals surface area contributed by atoms with Gasteiger partial charge in [-0.05, 0) is 37.3 Å². The monoisotopic (exact) mass is 205 g/mol. The molecule has 0 aromatic carbocycles. The fraction of sp³-hybridized carbons (Fsp3) is 0.636. The van der Waals surface area contributed by atoms with E-state index in [0.717, 1.165) is 24.8 Å². The molecule has 0 spiro atoms. The number of nitrogens with zero attached hydrogens (tertiary/aromatic N) is 2. The summed E-state index contributed by atoms with van der Waals surface area (Å²) in [6, 6.07) is 4.28. The predicted molar refractivity (Wildman–Crippen MR) is 56.5 cm³/mol. The summed E-state index contributed by atoms with van der Waals surface area (Å²) in [5.74, 6) is 1.64. The molecule has 0 radical (unpaired) electrons. The zero-order valence-corrected chi connectivity index (χ0v) is 8.60. The molecule has 1 aliphatic heterocycles. The van der Waals surface area contributed by atoms with Crippen LogP contribution in [-0.2, 0) is 4.74 Å². The van der Waals surface area contributed by atoms with Crippen molar-refractivity contribution in [2.45, 2.75) is 31.4 Å². The summed E-state index contributed by atoms with van der Waals surface area (Å²) < 4.78 is 5.75. The van der Waals surface area contributed by atoms with Crippen LogP contribution < -0.4 is 5.32 Å². The number of rotatable bonds is 3. The molecule has 80 valence electrons. The second-order valence-corrected chi connectivity index (χ2v) is 4.32. The minimum atomic E-state index is 0.395. The molecule has 15 heavy (non-hydrogen) atoms. The van der Waals surface area contributed by atoms with E-state index in [0.29, 0.717) is 12.1 Å². The van der Waals surface area contributed by atoms with Gasteiger partial charge in [-0.25, -0.2) is 0 Å². The van der Waals surface area contributed by atoms with Gasteiger partial charge in [0.1, 0.15) is 5.82 Å². The Morgan fingerprint density at radius 3 is 3.00 bits per heavy atom. The van der Waals surface area contributed by atoms with Crippen molar-refractivity contribution in [2.24, 2.45) is 5.92 Å². The van der Waals surface area contributed by atoms with Gasteiger partial charge in [0, 0.05) is 12.8 Å². The fourth-order valence-corrected chi connectivity index (χ4v) is 2.22. The number of ether oxygens (including phenoxy) is 1. The summed E-state index contributed by atoms with van der Waals surface area (Å²) >= 11 is 0. The molecule has 3 rings (SSSR count). The van der Waals surface area contributed by atoms with E-state index in [9.17, 15) is 0 Å². The minimum absolute atomic E-state index is 0.395. The highest BCUT2D eigenvalue weighted by molar-refractivity contribution is 5.34. The highest BCUT2D eigenvalue weighted by Gasteiger charge is 2.40. The Morgan fingerprint density at radius 1 is 1.33 bits per heavy atom. The van der Waals surface area contributed by atoms with Crippen molar-refractivity contribution in [3.8, 4) is 0 Å². The lowest BCUT2D eigenvalue weighted by Crippen LogP contribution is -2.31. The van der Waals surface area contributed by atoms with Crippen LogP contribution in [0.2, 0.25) is 0 Å². The van der Waals surface area contributed by atoms with Crippen LogP contribution in [0.5, 0.6) is 0 Å². The van der Waals surface area contributed by atoms with Crippen LogP contribution in [0.1, 0.15) is 19.3 Å². The smallest absolute Gasteiger partial charge is 0.148 e. The zero-order chi connectivity index (χ0) is 10.1. The van der Waals surface area contributed by atoms with Gasteiger partial charge in [0.15, 0.2) is 0 Å². The van der Waals surface area contributed by atoms with Crippen molar-refractivity contribution >= 4 is 5.82 Å². The van der Waals surface area contributed by atoms with E-state index in [-0.39, 0.29) is 0 Å². The van der Waals surface area contributed by atoms with Gasteiger partial charge in [0.05, 0.1) is 12.1 Å². The molecule has 0 bridgehead atoms. The second kappa shape index (κ2) is 3.77. The normalized spacial score (nSPS) is 30.4. The van der Waals surface area contributed by atoms with Crippen LogP contribution in [0.25, 0.3) is 0 Å². The largest absolute Gasteiger partial charge is 0.376 e. The molecule has 2 unspecified atom stereocenters. The van der Waals surface area contributed by atoms with Crippen molar-refractivity contribution in [3.63, 3.8) is 0 Å². The number of anilines is 1. The highest BCUT2D eigenvalue weighted by atomic mass is 16.5. The van der Waals surface area contributed by atoms with E-state index in [1.165, 1.54) is 12.8 Å². The molecule has 2 atom stereocenters. The first-order valence-electron chi connectivity index (χ1n) is 5.59. The molecule has 2 heterocycles. The standard InChI is InChI=1S/C11H15N3O/c1-2-10(14-12-6-1)13-9-5-7-15-11(9)8-3-4-8/h1-2,6,8-9,11H,3-5,7H2,(H,13,14). The molecule has 0 amide bonds. The molecule has 1 saturated carbocycles. The van der Waals surface area contributed by atoms with Crippen molar-refractivity contribution in [1.29, 1.82) is 0 Å². The lowest BCUT2D eigenvalue weighted by Gasteiger charge is -2.19. The Labute approximate surface area is 89.0 Å². The molecule has 4 nitrogen and oxygen atoms in total. The van der Waals surface area contributed by atoms with Gasteiger partial charge in [-0.1, -0.05) is 0 Å². The quantitative estimate of drug-likeness (QED) is 0.811. The third-order valence-electron chi connectivity index (χ3n) is 3.13. The fourth-order valence-electron chi connectivity index (χ4n) is 2.22. The molecule has 1 saturated heterocycles. The molecule has 2 aliphatic rings. The summed E-state index contributed by atoms with van der Waals surface area (Å²) in [4.78, 5) is 0. The molecular weight excluding hydrogens is 190 g/mol. The van der Waals surface area contributed by atoms with Gasteiger partial charge >= 0.3 is 0 Å². The van der Waals surface area contributed by atoms with Gasteiger partial charge in [-0.15, -0.1) is 5.10 Å². The summed E-state index contributed by atoms with van der Waals surface area (Å²) in [5.41, 5.74) is 0. The first kappa shape index (κ1) is 9.09. The third-order valence-corrected chi connectivity index (χ3v) is 3.13. The number of hydrogen-bond donors (Lipinski definition) is 1. The average Bonchev–Trinajstić information content (AvgIpc) is 3.02. The van der Waals surface area contributed by atoms with Gasteiger partial charge < -0.3 is 10.1 Å². The van der Waals surface area contributed by atoms with E-state index < -0.39 is 0 Å². The lowest BCUT2D eigenvalue weighted by atomic mass is 10.1. The van der Waals surface area contributed by atoms with Gasteiger partial charge in [0.25, 0.3) is 0 Å². The van der Waals surface area contributed by atoms with E-state index in [4.69, 9.17) is 4.74 Å². The molecule has 1 N–H and O–H groups in total. The molecule has 1 aromatic heterocycles. The van der Waals surface area contributed by atoms with Crippen molar-refractivity contribution in [3.05, 3.63) is 18.3 Å². The number of hydrogen-bond acceptors (Lipinski definition) is 4. The summed E-state index contributed by atoms with van der Waals surface area (Å²) in [6.45, 7) is 0.874. The van der Waals surface area contributed by atoms with Crippen molar-refractivity contribution in [2.75, 3.05) is 11.9 Å². The second-order valence-electron chi connectivity index (χ2n) is 4.32. The van der Waals surface area contributed by atoms with Gasteiger partial charge in [0.2, 0.25) is 0 Å². The molecular formula is C11H15N3O. The van der Waals surface area contributed by atoms with E-state index in [1.54, 1.807) is 6.20 Å². The summed E-state index contributed by atoms with van der Waals surface area (Å²) in [5, 5.41) is 11.3. The van der Waals surface area contributed by atoms with Crippen LogP contribution in [0.15, 0.2) is 18.3 Å². The van der Waals surface area contributed by atoms with Crippen molar-refractivity contribution < 1.29 is 4.74 Å².